The molecule has 0 aliphatic rings. The van der Waals surface area contributed by atoms with Gasteiger partial charge in [0, 0.05) is 0 Å². The highest BCUT2D eigenvalue weighted by Crippen LogP contribution is 2.18. The van der Waals surface area contributed by atoms with Gasteiger partial charge in [0.2, 0.25) is 5.91 Å². The standard InChI is InChI=1S/C9H11NO2/c1-6(9(10)12)7-3-2-4-8(11)5-7/h2-6,11H,1H3,(H2,10,12). The van der Waals surface area contributed by atoms with Gasteiger partial charge >= 0.3 is 0 Å². The molecule has 0 bridgehead atoms. The molecule has 3 nitrogen and oxygen atoms in total. The highest BCUT2D eigenvalue weighted by atomic mass is 16.3. The fourth-order valence-electron chi connectivity index (χ4n) is 0.958. The molecule has 1 aromatic rings. The first-order valence-electron chi connectivity index (χ1n) is 3.69. The van der Waals surface area contributed by atoms with Gasteiger partial charge in [0.15, 0.2) is 0 Å². The smallest absolute Gasteiger partial charge is 0.224 e. The molecule has 0 heterocycles. The van der Waals surface area contributed by atoms with Crippen LogP contribution in [0.1, 0.15) is 18.4 Å². The second kappa shape index (κ2) is 3.26. The molecule has 1 amide bonds. The molecule has 1 rings (SSSR count). The van der Waals surface area contributed by atoms with Crippen molar-refractivity contribution >= 4 is 5.91 Å². The molecule has 0 spiro atoms. The monoisotopic (exact) mass is 165 g/mol. The molecule has 1 atom stereocenters. The maximum Gasteiger partial charge on any atom is 0.224 e. The van der Waals surface area contributed by atoms with Crippen molar-refractivity contribution in [2.45, 2.75) is 12.8 Å². The summed E-state index contributed by atoms with van der Waals surface area (Å²) in [4.78, 5) is 10.8. The Hall–Kier alpha value is -1.51. The first-order valence-corrected chi connectivity index (χ1v) is 3.69. The Balaban J connectivity index is 2.95. The first kappa shape index (κ1) is 8.59. The number of phenols is 1. The summed E-state index contributed by atoms with van der Waals surface area (Å²) in [5.41, 5.74) is 5.84. The third-order valence-electron chi connectivity index (χ3n) is 1.80. The molecule has 0 aromatic heterocycles. The Bertz CT molecular complexity index is 296. The lowest BCUT2D eigenvalue weighted by atomic mass is 10.0. The van der Waals surface area contributed by atoms with E-state index in [0.29, 0.717) is 0 Å². The van der Waals surface area contributed by atoms with Gasteiger partial charge < -0.3 is 10.8 Å². The van der Waals surface area contributed by atoms with Crippen LogP contribution in [0, 0.1) is 0 Å². The van der Waals surface area contributed by atoms with Gasteiger partial charge in [-0.3, -0.25) is 4.79 Å². The predicted octanol–water partition coefficient (Wildman–Crippen LogP) is 0.981. The molecular formula is C9H11NO2. The van der Waals surface area contributed by atoms with Crippen LogP contribution in [0.5, 0.6) is 5.75 Å². The minimum Gasteiger partial charge on any atom is -0.508 e. The zero-order chi connectivity index (χ0) is 9.14. The van der Waals surface area contributed by atoms with Crippen LogP contribution < -0.4 is 5.73 Å². The molecule has 1 aromatic carbocycles. The van der Waals surface area contributed by atoms with Crippen molar-refractivity contribution in [3.05, 3.63) is 29.8 Å². The molecule has 0 saturated heterocycles. The summed E-state index contributed by atoms with van der Waals surface area (Å²) in [6.07, 6.45) is 0. The number of nitrogens with two attached hydrogens (primary N) is 1. The quantitative estimate of drug-likeness (QED) is 0.686. The van der Waals surface area contributed by atoms with Crippen molar-refractivity contribution in [3.63, 3.8) is 0 Å². The van der Waals surface area contributed by atoms with Crippen LogP contribution in [0.15, 0.2) is 24.3 Å². The van der Waals surface area contributed by atoms with E-state index >= 15 is 0 Å². The number of hydrogen-bond donors (Lipinski definition) is 2. The number of aromatic hydroxyl groups is 1. The number of benzene rings is 1. The van der Waals surface area contributed by atoms with Crippen molar-refractivity contribution < 1.29 is 9.90 Å². The number of phenolic OH excluding ortho intramolecular Hbond substituents is 1. The number of primary amides is 1. The molecule has 0 radical (unpaired) electrons. The first-order chi connectivity index (χ1) is 5.61. The molecule has 3 heteroatoms. The Morgan fingerprint density at radius 1 is 1.58 bits per heavy atom. The van der Waals surface area contributed by atoms with Gasteiger partial charge in [-0.15, -0.1) is 0 Å². The largest absolute Gasteiger partial charge is 0.508 e. The third kappa shape index (κ3) is 1.75. The molecule has 1 unspecified atom stereocenters. The van der Waals surface area contributed by atoms with Crippen molar-refractivity contribution in [2.24, 2.45) is 5.73 Å². The summed E-state index contributed by atoms with van der Waals surface area (Å²) in [7, 11) is 0. The van der Waals surface area contributed by atoms with Gasteiger partial charge in [0.05, 0.1) is 5.92 Å². The summed E-state index contributed by atoms with van der Waals surface area (Å²) in [6.45, 7) is 1.71. The van der Waals surface area contributed by atoms with Crippen LogP contribution in [-0.4, -0.2) is 11.0 Å². The van der Waals surface area contributed by atoms with Crippen LogP contribution in [-0.2, 0) is 4.79 Å². The molecule has 64 valence electrons. The van der Waals surface area contributed by atoms with E-state index in [9.17, 15) is 4.79 Å². The highest BCUT2D eigenvalue weighted by molar-refractivity contribution is 5.81. The van der Waals surface area contributed by atoms with E-state index in [1.54, 1.807) is 25.1 Å². The number of amides is 1. The van der Waals surface area contributed by atoms with Crippen molar-refractivity contribution in [2.75, 3.05) is 0 Å². The van der Waals surface area contributed by atoms with E-state index in [-0.39, 0.29) is 17.6 Å². The van der Waals surface area contributed by atoms with Gasteiger partial charge in [0.25, 0.3) is 0 Å². The Kier molecular flexibility index (Phi) is 2.33. The Morgan fingerprint density at radius 2 is 2.25 bits per heavy atom. The highest BCUT2D eigenvalue weighted by Gasteiger charge is 2.10. The molecule has 12 heavy (non-hydrogen) atoms. The Labute approximate surface area is 70.8 Å². The van der Waals surface area contributed by atoms with Crippen LogP contribution >= 0.6 is 0 Å². The maximum absolute atomic E-state index is 10.8. The Morgan fingerprint density at radius 3 is 2.75 bits per heavy atom. The summed E-state index contributed by atoms with van der Waals surface area (Å²) < 4.78 is 0. The topological polar surface area (TPSA) is 63.3 Å². The van der Waals surface area contributed by atoms with Crippen LogP contribution in [0.4, 0.5) is 0 Å². The van der Waals surface area contributed by atoms with E-state index < -0.39 is 0 Å². The number of rotatable bonds is 2. The average Bonchev–Trinajstić information content (AvgIpc) is 2.03. The third-order valence-corrected chi connectivity index (χ3v) is 1.80. The van der Waals surface area contributed by atoms with Gasteiger partial charge in [-0.05, 0) is 24.6 Å². The normalized spacial score (nSPS) is 12.4. The van der Waals surface area contributed by atoms with Crippen molar-refractivity contribution in [1.82, 2.24) is 0 Å². The number of hydrogen-bond acceptors (Lipinski definition) is 2. The number of carbonyl (C=O) groups excluding carboxylic acids is 1. The zero-order valence-electron chi connectivity index (χ0n) is 6.82. The second-order valence-electron chi connectivity index (χ2n) is 2.72. The van der Waals surface area contributed by atoms with E-state index in [4.69, 9.17) is 10.8 Å². The maximum atomic E-state index is 10.8. The minimum atomic E-state index is -0.388. The van der Waals surface area contributed by atoms with Gasteiger partial charge in [-0.1, -0.05) is 12.1 Å². The predicted molar refractivity (Wildman–Crippen MR) is 45.7 cm³/mol. The van der Waals surface area contributed by atoms with Crippen molar-refractivity contribution in [3.8, 4) is 5.75 Å². The zero-order valence-corrected chi connectivity index (χ0v) is 6.82. The summed E-state index contributed by atoms with van der Waals surface area (Å²) in [5, 5.41) is 9.09. The summed E-state index contributed by atoms with van der Waals surface area (Å²) in [6, 6.07) is 6.53. The van der Waals surface area contributed by atoms with E-state index in [2.05, 4.69) is 0 Å². The SMILES string of the molecule is CC(C(N)=O)c1cccc(O)c1. The molecule has 0 aliphatic carbocycles. The lowest BCUT2D eigenvalue weighted by Crippen LogP contribution is -2.18. The molecule has 0 fully saturated rings. The van der Waals surface area contributed by atoms with Gasteiger partial charge in [-0.2, -0.15) is 0 Å². The van der Waals surface area contributed by atoms with E-state index in [1.807, 2.05) is 0 Å². The fraction of sp³-hybridized carbons (Fsp3) is 0.222. The lowest BCUT2D eigenvalue weighted by Gasteiger charge is -2.06. The van der Waals surface area contributed by atoms with Gasteiger partial charge in [-0.25, -0.2) is 0 Å². The fourth-order valence-corrected chi connectivity index (χ4v) is 0.958. The average molecular weight is 165 g/mol. The lowest BCUT2D eigenvalue weighted by molar-refractivity contribution is -0.119. The minimum absolute atomic E-state index is 0.153. The molecule has 0 aliphatic heterocycles. The van der Waals surface area contributed by atoms with E-state index in [0.717, 1.165) is 5.56 Å². The second-order valence-corrected chi connectivity index (χ2v) is 2.72. The molecule has 0 saturated carbocycles. The summed E-state index contributed by atoms with van der Waals surface area (Å²) >= 11 is 0. The van der Waals surface area contributed by atoms with Crippen molar-refractivity contribution in [1.29, 1.82) is 0 Å². The van der Waals surface area contributed by atoms with Gasteiger partial charge in [0.1, 0.15) is 5.75 Å². The number of carbonyl (C=O) groups is 1. The van der Waals surface area contributed by atoms with Crippen LogP contribution in [0.2, 0.25) is 0 Å². The summed E-state index contributed by atoms with van der Waals surface area (Å²) in [5.74, 6) is -0.585. The van der Waals surface area contributed by atoms with Crippen LogP contribution in [0.25, 0.3) is 0 Å². The molecular weight excluding hydrogens is 154 g/mol. The van der Waals surface area contributed by atoms with E-state index in [1.165, 1.54) is 6.07 Å². The molecule has 3 N–H and O–H groups in total. The van der Waals surface area contributed by atoms with Crippen LogP contribution in [0.3, 0.4) is 0 Å².